The molecule has 1 unspecified atom stereocenters. The molecular weight excluding hydrogens is 238 g/mol. The summed E-state index contributed by atoms with van der Waals surface area (Å²) in [5.41, 5.74) is 0. The number of nitrogens with one attached hydrogen (secondary N) is 1. The van der Waals surface area contributed by atoms with Gasteiger partial charge in [-0.15, -0.1) is 0 Å². The quantitative estimate of drug-likeness (QED) is 0.718. The van der Waals surface area contributed by atoms with Crippen LogP contribution in [-0.2, 0) is 19.1 Å². The van der Waals surface area contributed by atoms with Gasteiger partial charge in [-0.05, 0) is 24.7 Å². The number of carbonyl (C=O) groups is 2. The molecular formula is C12H17NO5. The Morgan fingerprint density at radius 1 is 1.17 bits per heavy atom. The molecule has 1 aliphatic heterocycles. The number of carbonyl (C=O) groups excluding carboxylic acids is 1. The fraction of sp³-hybridized carbons (Fsp3) is 0.833. The van der Waals surface area contributed by atoms with Gasteiger partial charge in [-0.3, -0.25) is 9.59 Å². The summed E-state index contributed by atoms with van der Waals surface area (Å²) >= 11 is 0. The minimum Gasteiger partial charge on any atom is -0.481 e. The van der Waals surface area contributed by atoms with E-state index < -0.39 is 12.1 Å². The normalized spacial score (nSPS) is 42.1. The van der Waals surface area contributed by atoms with Gasteiger partial charge in [-0.1, -0.05) is 0 Å². The number of carboxylic acid groups (broad SMARTS) is 1. The predicted octanol–water partition coefficient (Wildman–Crippen LogP) is -0.373. The summed E-state index contributed by atoms with van der Waals surface area (Å²) in [6.07, 6.45) is 0.924. The molecule has 1 heterocycles. The van der Waals surface area contributed by atoms with Crippen LogP contribution in [-0.4, -0.2) is 48.9 Å². The van der Waals surface area contributed by atoms with Gasteiger partial charge in [-0.2, -0.15) is 0 Å². The zero-order valence-corrected chi connectivity index (χ0v) is 10.0. The van der Waals surface area contributed by atoms with Crippen molar-refractivity contribution in [1.29, 1.82) is 0 Å². The standard InChI is InChI=1S/C12H17NO5/c14-11(10-5-17-1-2-18-10)13-9-4-8(12(15)16)6-3-7(6)9/h6-10H,1-5H2,(H,13,14)(H,15,16)/t6-,7+,8-,9+,10?/m1/s1. The molecule has 100 valence electrons. The number of fused-ring (bicyclic) bond motifs is 1. The Morgan fingerprint density at radius 3 is 2.61 bits per heavy atom. The van der Waals surface area contributed by atoms with Gasteiger partial charge in [0.25, 0.3) is 5.91 Å². The van der Waals surface area contributed by atoms with Crippen molar-refractivity contribution in [3.8, 4) is 0 Å². The molecule has 3 aliphatic rings. The Kier molecular flexibility index (Phi) is 2.99. The third-order valence-electron chi connectivity index (χ3n) is 4.19. The van der Waals surface area contributed by atoms with E-state index in [1.807, 2.05) is 0 Å². The lowest BCUT2D eigenvalue weighted by molar-refractivity contribution is -0.148. The average molecular weight is 255 g/mol. The van der Waals surface area contributed by atoms with E-state index >= 15 is 0 Å². The zero-order valence-electron chi connectivity index (χ0n) is 10.0. The Hall–Kier alpha value is -1.14. The van der Waals surface area contributed by atoms with Crippen LogP contribution >= 0.6 is 0 Å². The first kappa shape index (κ1) is 11.9. The monoisotopic (exact) mass is 255 g/mol. The molecule has 18 heavy (non-hydrogen) atoms. The maximum absolute atomic E-state index is 11.9. The van der Waals surface area contributed by atoms with Gasteiger partial charge in [0, 0.05) is 6.04 Å². The fourth-order valence-electron chi connectivity index (χ4n) is 3.15. The fourth-order valence-corrected chi connectivity index (χ4v) is 3.15. The molecule has 6 nitrogen and oxygen atoms in total. The molecule has 1 saturated heterocycles. The molecule has 2 aliphatic carbocycles. The van der Waals surface area contributed by atoms with Gasteiger partial charge in [0.2, 0.25) is 0 Å². The van der Waals surface area contributed by atoms with Gasteiger partial charge in [0.05, 0.1) is 25.7 Å². The van der Waals surface area contributed by atoms with E-state index in [0.717, 1.165) is 6.42 Å². The van der Waals surface area contributed by atoms with Crippen LogP contribution < -0.4 is 5.32 Å². The lowest BCUT2D eigenvalue weighted by Gasteiger charge is -2.24. The summed E-state index contributed by atoms with van der Waals surface area (Å²) in [7, 11) is 0. The molecule has 3 fully saturated rings. The minimum atomic E-state index is -0.739. The Labute approximate surface area is 105 Å². The third kappa shape index (κ3) is 2.10. The van der Waals surface area contributed by atoms with Crippen molar-refractivity contribution in [3.63, 3.8) is 0 Å². The van der Waals surface area contributed by atoms with Crippen molar-refractivity contribution in [1.82, 2.24) is 5.32 Å². The van der Waals surface area contributed by atoms with Crippen molar-refractivity contribution < 1.29 is 24.2 Å². The largest absolute Gasteiger partial charge is 0.481 e. The summed E-state index contributed by atoms with van der Waals surface area (Å²) in [5.74, 6) is -0.590. The van der Waals surface area contributed by atoms with E-state index in [4.69, 9.17) is 14.6 Å². The van der Waals surface area contributed by atoms with Crippen molar-refractivity contribution in [2.75, 3.05) is 19.8 Å². The third-order valence-corrected chi connectivity index (χ3v) is 4.19. The molecule has 6 heteroatoms. The van der Waals surface area contributed by atoms with Crippen molar-refractivity contribution in [2.24, 2.45) is 17.8 Å². The first-order chi connectivity index (χ1) is 8.66. The minimum absolute atomic E-state index is 0.00544. The smallest absolute Gasteiger partial charge is 0.306 e. The number of carboxylic acids is 1. The van der Waals surface area contributed by atoms with E-state index in [-0.39, 0.29) is 30.4 Å². The van der Waals surface area contributed by atoms with Gasteiger partial charge >= 0.3 is 5.97 Å². The molecule has 0 bridgehead atoms. The summed E-state index contributed by atoms with van der Waals surface area (Å²) in [6.45, 7) is 1.25. The molecule has 0 aromatic heterocycles. The van der Waals surface area contributed by atoms with E-state index in [0.29, 0.717) is 25.6 Å². The average Bonchev–Trinajstić information content (AvgIpc) is 3.08. The van der Waals surface area contributed by atoms with Gasteiger partial charge in [0.15, 0.2) is 6.10 Å². The van der Waals surface area contributed by atoms with Crippen molar-refractivity contribution in [3.05, 3.63) is 0 Å². The second-order valence-electron chi connectivity index (χ2n) is 5.29. The molecule has 1 amide bonds. The Balaban J connectivity index is 1.54. The maximum Gasteiger partial charge on any atom is 0.306 e. The number of rotatable bonds is 3. The van der Waals surface area contributed by atoms with Gasteiger partial charge in [-0.25, -0.2) is 0 Å². The first-order valence-corrected chi connectivity index (χ1v) is 6.39. The van der Waals surface area contributed by atoms with E-state index in [1.165, 1.54) is 0 Å². The number of aliphatic carboxylic acids is 1. The SMILES string of the molecule is O=C(N[C@H]1C[C@@H](C(=O)O)[C@@H]2C[C@@H]21)C1COCCO1. The van der Waals surface area contributed by atoms with Crippen LogP contribution in [0.2, 0.25) is 0 Å². The Morgan fingerprint density at radius 2 is 2.00 bits per heavy atom. The highest BCUT2D eigenvalue weighted by molar-refractivity contribution is 5.81. The second-order valence-corrected chi connectivity index (χ2v) is 5.29. The molecule has 0 aromatic rings. The summed E-state index contributed by atoms with van der Waals surface area (Å²) < 4.78 is 10.5. The van der Waals surface area contributed by atoms with Crippen LogP contribution in [0, 0.1) is 17.8 Å². The molecule has 3 rings (SSSR count). The van der Waals surface area contributed by atoms with E-state index in [2.05, 4.69) is 5.32 Å². The highest BCUT2D eigenvalue weighted by Crippen LogP contribution is 2.55. The van der Waals surface area contributed by atoms with Crippen molar-refractivity contribution >= 4 is 11.9 Å². The first-order valence-electron chi connectivity index (χ1n) is 6.39. The zero-order chi connectivity index (χ0) is 12.7. The van der Waals surface area contributed by atoms with Crippen LogP contribution in [0.4, 0.5) is 0 Å². The molecule has 0 aromatic carbocycles. The lowest BCUT2D eigenvalue weighted by atomic mass is 10.0. The van der Waals surface area contributed by atoms with Gasteiger partial charge < -0.3 is 19.9 Å². The molecule has 5 atom stereocenters. The van der Waals surface area contributed by atoms with E-state index in [1.54, 1.807) is 0 Å². The van der Waals surface area contributed by atoms with Gasteiger partial charge in [0.1, 0.15) is 0 Å². The summed E-state index contributed by atoms with van der Waals surface area (Å²) in [5, 5.41) is 12.0. The maximum atomic E-state index is 11.9. The topological polar surface area (TPSA) is 84.9 Å². The van der Waals surface area contributed by atoms with E-state index in [9.17, 15) is 9.59 Å². The summed E-state index contributed by atoms with van der Waals surface area (Å²) in [4.78, 5) is 22.9. The van der Waals surface area contributed by atoms with Crippen LogP contribution in [0.3, 0.4) is 0 Å². The number of ether oxygens (including phenoxy) is 2. The highest BCUT2D eigenvalue weighted by Gasteiger charge is 2.57. The molecule has 0 spiro atoms. The van der Waals surface area contributed by atoms with Crippen molar-refractivity contribution in [2.45, 2.75) is 25.0 Å². The van der Waals surface area contributed by atoms with Crippen LogP contribution in [0.1, 0.15) is 12.8 Å². The molecule has 2 N–H and O–H groups in total. The molecule has 2 saturated carbocycles. The number of hydrogen-bond acceptors (Lipinski definition) is 4. The van der Waals surface area contributed by atoms with Crippen LogP contribution in [0.25, 0.3) is 0 Å². The number of amides is 1. The van der Waals surface area contributed by atoms with Crippen LogP contribution in [0.15, 0.2) is 0 Å². The predicted molar refractivity (Wildman–Crippen MR) is 59.8 cm³/mol. The summed E-state index contributed by atoms with van der Waals surface area (Å²) in [6, 6.07) is -0.00544. The Bertz CT molecular complexity index is 365. The van der Waals surface area contributed by atoms with Crippen LogP contribution in [0.5, 0.6) is 0 Å². The molecule has 0 radical (unpaired) electrons. The lowest BCUT2D eigenvalue weighted by Crippen LogP contribution is -2.47. The highest BCUT2D eigenvalue weighted by atomic mass is 16.6. The number of hydrogen-bond donors (Lipinski definition) is 2. The second kappa shape index (κ2) is 4.51.